The van der Waals surface area contributed by atoms with E-state index in [1.165, 1.54) is 0 Å². The Morgan fingerprint density at radius 1 is 0.731 bits per heavy atom. The fourth-order valence-electron chi connectivity index (χ4n) is 3.22. The lowest BCUT2D eigenvalue weighted by Crippen LogP contribution is -2.21. The fourth-order valence-corrected chi connectivity index (χ4v) is 3.22. The van der Waals surface area contributed by atoms with E-state index in [9.17, 15) is 4.79 Å². The van der Waals surface area contributed by atoms with Gasteiger partial charge in [-0.25, -0.2) is 0 Å². The molecule has 0 radical (unpaired) electrons. The van der Waals surface area contributed by atoms with E-state index in [-0.39, 0.29) is 11.7 Å². The zero-order valence-electron chi connectivity index (χ0n) is 14.3. The Morgan fingerprint density at radius 2 is 1.31 bits per heavy atom. The predicted molar refractivity (Wildman–Crippen MR) is 106 cm³/mol. The van der Waals surface area contributed by atoms with Crippen LogP contribution in [-0.2, 0) is 0 Å². The van der Waals surface area contributed by atoms with Crippen LogP contribution in [0.4, 0.5) is 5.69 Å². The second-order valence-corrected chi connectivity index (χ2v) is 6.25. The van der Waals surface area contributed by atoms with E-state index in [0.29, 0.717) is 5.56 Å². The zero-order chi connectivity index (χ0) is 17.8. The van der Waals surface area contributed by atoms with Crippen molar-refractivity contribution in [1.29, 1.82) is 0 Å². The van der Waals surface area contributed by atoms with Gasteiger partial charge in [-0.1, -0.05) is 84.9 Å². The lowest BCUT2D eigenvalue weighted by Gasteiger charge is -2.27. The molecule has 2 heteroatoms. The number of rotatable bonds is 4. The first-order valence-electron chi connectivity index (χ1n) is 8.71. The largest absolute Gasteiger partial charge is 0.324 e. The van der Waals surface area contributed by atoms with Gasteiger partial charge in [0, 0.05) is 35.1 Å². The Kier molecular flexibility index (Phi) is 4.48. The number of benzene rings is 3. The molecule has 3 aromatic carbocycles. The molecule has 1 aliphatic heterocycles. The molecule has 0 saturated heterocycles. The van der Waals surface area contributed by atoms with Gasteiger partial charge in [0.2, 0.25) is 0 Å². The summed E-state index contributed by atoms with van der Waals surface area (Å²) in [5.74, 6) is 0.00797. The Balaban J connectivity index is 1.77. The van der Waals surface area contributed by atoms with E-state index in [4.69, 9.17) is 0 Å². The molecule has 1 aliphatic rings. The third kappa shape index (κ3) is 3.22. The monoisotopic (exact) mass is 337 g/mol. The molecule has 1 heterocycles. The van der Waals surface area contributed by atoms with E-state index in [1.54, 1.807) is 0 Å². The van der Waals surface area contributed by atoms with Crippen molar-refractivity contribution in [3.05, 3.63) is 126 Å². The fraction of sp³-hybridized carbons (Fsp3) is 0.0417. The molecule has 126 valence electrons. The number of nitrogens with zero attached hydrogens (tertiary/aromatic N) is 1. The highest BCUT2D eigenvalue weighted by Crippen LogP contribution is 2.33. The van der Waals surface area contributed by atoms with Crippen molar-refractivity contribution in [1.82, 2.24) is 0 Å². The van der Waals surface area contributed by atoms with Crippen molar-refractivity contribution in [3.8, 4) is 0 Å². The Bertz CT molecular complexity index is 943. The Hall–Kier alpha value is -3.39. The van der Waals surface area contributed by atoms with Gasteiger partial charge < -0.3 is 4.90 Å². The summed E-state index contributed by atoms with van der Waals surface area (Å²) in [6, 6.07) is 29.7. The standard InChI is InChI=1S/C24H19NO/c26-24(20-12-6-2-7-13-20)23-18-25(21-14-8-3-9-15-21)17-16-22(23)19-10-4-1-5-11-19/h1-18,22H. The van der Waals surface area contributed by atoms with Gasteiger partial charge in [-0.3, -0.25) is 4.79 Å². The number of carbonyl (C=O) groups is 1. The highest BCUT2D eigenvalue weighted by molar-refractivity contribution is 6.10. The normalized spacial score (nSPS) is 16.2. The minimum Gasteiger partial charge on any atom is -0.324 e. The highest BCUT2D eigenvalue weighted by atomic mass is 16.1. The molecule has 2 nitrogen and oxygen atoms in total. The molecule has 0 saturated carbocycles. The van der Waals surface area contributed by atoms with Gasteiger partial charge in [0.05, 0.1) is 0 Å². The molecule has 0 aromatic heterocycles. The molecule has 3 aromatic rings. The van der Waals surface area contributed by atoms with Crippen molar-refractivity contribution in [2.24, 2.45) is 0 Å². The average Bonchev–Trinajstić information content (AvgIpc) is 2.75. The number of hydrogen-bond donors (Lipinski definition) is 0. The van der Waals surface area contributed by atoms with Gasteiger partial charge in [0.15, 0.2) is 5.78 Å². The van der Waals surface area contributed by atoms with Crippen LogP contribution >= 0.6 is 0 Å². The van der Waals surface area contributed by atoms with Gasteiger partial charge in [0.25, 0.3) is 0 Å². The van der Waals surface area contributed by atoms with Crippen LogP contribution in [0.2, 0.25) is 0 Å². The van der Waals surface area contributed by atoms with Gasteiger partial charge in [-0.2, -0.15) is 0 Å². The summed E-state index contributed by atoms with van der Waals surface area (Å²) in [5.41, 5.74) is 3.64. The first kappa shape index (κ1) is 16.1. The number of carbonyl (C=O) groups excluding carboxylic acids is 1. The molecule has 0 fully saturated rings. The summed E-state index contributed by atoms with van der Waals surface area (Å²) in [5, 5.41) is 0. The van der Waals surface area contributed by atoms with Crippen LogP contribution in [0.25, 0.3) is 0 Å². The van der Waals surface area contributed by atoms with Crippen LogP contribution in [0.5, 0.6) is 0 Å². The summed E-state index contributed by atoms with van der Waals surface area (Å²) >= 11 is 0. The van der Waals surface area contributed by atoms with Gasteiger partial charge in [-0.05, 0) is 17.7 Å². The molecular weight excluding hydrogens is 318 g/mol. The highest BCUT2D eigenvalue weighted by Gasteiger charge is 2.25. The third-order valence-corrected chi connectivity index (χ3v) is 4.56. The van der Waals surface area contributed by atoms with Crippen molar-refractivity contribution in [3.63, 3.8) is 0 Å². The number of para-hydroxylation sites is 1. The molecular formula is C24H19NO. The number of allylic oxidation sites excluding steroid dienone is 2. The van der Waals surface area contributed by atoms with E-state index < -0.39 is 0 Å². The van der Waals surface area contributed by atoms with Crippen molar-refractivity contribution >= 4 is 11.5 Å². The molecule has 4 rings (SSSR count). The summed E-state index contributed by atoms with van der Waals surface area (Å²) in [6.07, 6.45) is 6.09. The molecule has 0 aliphatic carbocycles. The van der Waals surface area contributed by atoms with E-state index >= 15 is 0 Å². The SMILES string of the molecule is O=C(C1=CN(c2ccccc2)C=CC1c1ccccc1)c1ccccc1. The first-order valence-corrected chi connectivity index (χ1v) is 8.71. The topological polar surface area (TPSA) is 20.3 Å². The van der Waals surface area contributed by atoms with E-state index in [1.807, 2.05) is 96.2 Å². The quantitative estimate of drug-likeness (QED) is 0.580. The first-order chi connectivity index (χ1) is 12.8. The minimum atomic E-state index is -0.0520. The second-order valence-electron chi connectivity index (χ2n) is 6.25. The summed E-state index contributed by atoms with van der Waals surface area (Å²) < 4.78 is 0. The van der Waals surface area contributed by atoms with Crippen LogP contribution in [0, 0.1) is 0 Å². The van der Waals surface area contributed by atoms with Crippen LogP contribution in [0.3, 0.4) is 0 Å². The molecule has 0 N–H and O–H groups in total. The smallest absolute Gasteiger partial charge is 0.191 e. The zero-order valence-corrected chi connectivity index (χ0v) is 14.3. The lowest BCUT2D eigenvalue weighted by atomic mass is 9.85. The number of hydrogen-bond acceptors (Lipinski definition) is 2. The van der Waals surface area contributed by atoms with Gasteiger partial charge in [-0.15, -0.1) is 0 Å². The van der Waals surface area contributed by atoms with Gasteiger partial charge in [0.1, 0.15) is 0 Å². The summed E-state index contributed by atoms with van der Waals surface area (Å²) in [7, 11) is 0. The summed E-state index contributed by atoms with van der Waals surface area (Å²) in [4.78, 5) is 15.2. The Labute approximate surface area is 153 Å². The third-order valence-electron chi connectivity index (χ3n) is 4.56. The Morgan fingerprint density at radius 3 is 1.96 bits per heavy atom. The number of anilines is 1. The lowest BCUT2D eigenvalue weighted by molar-refractivity contribution is 0.102. The van der Waals surface area contributed by atoms with Crippen molar-refractivity contribution in [2.75, 3.05) is 4.90 Å². The number of Topliss-reactive ketones (excluding diaryl/α,β-unsaturated/α-hetero) is 1. The molecule has 1 atom stereocenters. The van der Waals surface area contributed by atoms with Crippen LogP contribution in [-0.4, -0.2) is 5.78 Å². The number of ketones is 1. The van der Waals surface area contributed by atoms with E-state index in [0.717, 1.165) is 16.8 Å². The van der Waals surface area contributed by atoms with E-state index in [2.05, 4.69) is 18.2 Å². The van der Waals surface area contributed by atoms with Crippen LogP contribution in [0.1, 0.15) is 21.8 Å². The molecule has 26 heavy (non-hydrogen) atoms. The maximum atomic E-state index is 13.2. The minimum absolute atomic E-state index is 0.0520. The van der Waals surface area contributed by atoms with Crippen LogP contribution in [0.15, 0.2) is 115 Å². The molecule has 0 bridgehead atoms. The maximum absolute atomic E-state index is 13.2. The predicted octanol–water partition coefficient (Wildman–Crippen LogP) is 5.57. The second kappa shape index (κ2) is 7.24. The summed E-state index contributed by atoms with van der Waals surface area (Å²) in [6.45, 7) is 0. The maximum Gasteiger partial charge on any atom is 0.191 e. The molecule has 0 spiro atoms. The molecule has 0 amide bonds. The molecule has 1 unspecified atom stereocenters. The average molecular weight is 337 g/mol. The van der Waals surface area contributed by atoms with Crippen molar-refractivity contribution < 1.29 is 4.79 Å². The van der Waals surface area contributed by atoms with Crippen molar-refractivity contribution in [2.45, 2.75) is 5.92 Å². The van der Waals surface area contributed by atoms with Gasteiger partial charge >= 0.3 is 0 Å². The van der Waals surface area contributed by atoms with Crippen LogP contribution < -0.4 is 4.90 Å².